The molecule has 0 bridgehead atoms. The molecule has 1 aromatic rings. The van der Waals surface area contributed by atoms with Gasteiger partial charge in [0.2, 0.25) is 0 Å². The molecule has 0 radical (unpaired) electrons. The topological polar surface area (TPSA) is 70.0 Å². The molecule has 0 aliphatic carbocycles. The van der Waals surface area contributed by atoms with Gasteiger partial charge in [-0.05, 0) is 30.5 Å². The van der Waals surface area contributed by atoms with E-state index >= 15 is 0 Å². The lowest BCUT2D eigenvalue weighted by Crippen LogP contribution is -2.36. The van der Waals surface area contributed by atoms with Gasteiger partial charge in [-0.1, -0.05) is 12.1 Å². The van der Waals surface area contributed by atoms with Crippen molar-refractivity contribution >= 4 is 5.97 Å². The minimum Gasteiger partial charge on any atom is -0.478 e. The Bertz CT molecular complexity index is 441. The minimum atomic E-state index is -0.886. The van der Waals surface area contributed by atoms with Gasteiger partial charge in [0.1, 0.15) is 0 Å². The minimum absolute atomic E-state index is 0.0716. The van der Waals surface area contributed by atoms with Crippen molar-refractivity contribution in [3.8, 4) is 0 Å². The molecule has 2 N–H and O–H groups in total. The molecular weight excluding hydrogens is 258 g/mol. The maximum atomic E-state index is 10.9. The molecule has 0 aromatic heterocycles. The summed E-state index contributed by atoms with van der Waals surface area (Å²) in [4.78, 5) is 13.2. The molecule has 1 aromatic carbocycles. The molecule has 1 heterocycles. The van der Waals surface area contributed by atoms with E-state index < -0.39 is 5.97 Å². The molecule has 0 unspecified atom stereocenters. The lowest BCUT2D eigenvalue weighted by molar-refractivity contribution is -0.00901. The fourth-order valence-corrected chi connectivity index (χ4v) is 2.51. The molecule has 1 aliphatic heterocycles. The van der Waals surface area contributed by atoms with Crippen molar-refractivity contribution in [1.29, 1.82) is 0 Å². The largest absolute Gasteiger partial charge is 0.478 e. The molecule has 1 saturated heterocycles. The number of hydrogen-bond acceptors (Lipinski definition) is 4. The van der Waals surface area contributed by atoms with E-state index in [1.54, 1.807) is 18.2 Å². The second kappa shape index (κ2) is 7.38. The van der Waals surface area contributed by atoms with Crippen LogP contribution in [-0.4, -0.2) is 53.5 Å². The van der Waals surface area contributed by atoms with Crippen molar-refractivity contribution in [3.63, 3.8) is 0 Å². The van der Waals surface area contributed by atoms with E-state index in [1.165, 1.54) is 0 Å². The highest BCUT2D eigenvalue weighted by molar-refractivity contribution is 5.87. The molecule has 5 heteroatoms. The first-order valence-corrected chi connectivity index (χ1v) is 6.96. The predicted octanol–water partition coefficient (Wildman–Crippen LogP) is 1.36. The molecule has 110 valence electrons. The number of rotatable bonds is 6. The van der Waals surface area contributed by atoms with E-state index in [2.05, 4.69) is 4.90 Å². The third kappa shape index (κ3) is 4.30. The Morgan fingerprint density at radius 1 is 1.35 bits per heavy atom. The van der Waals surface area contributed by atoms with Crippen molar-refractivity contribution in [2.24, 2.45) is 0 Å². The number of aliphatic hydroxyl groups is 1. The number of carboxylic acids is 1. The Kier molecular flexibility index (Phi) is 5.52. The fraction of sp³-hybridized carbons (Fsp3) is 0.533. The third-order valence-electron chi connectivity index (χ3n) is 3.56. The Hall–Kier alpha value is -1.43. The molecule has 0 spiro atoms. The van der Waals surface area contributed by atoms with Gasteiger partial charge in [-0.3, -0.25) is 4.90 Å². The summed E-state index contributed by atoms with van der Waals surface area (Å²) in [6.45, 7) is 3.13. The van der Waals surface area contributed by atoms with Crippen LogP contribution in [0, 0.1) is 0 Å². The number of ether oxygens (including phenoxy) is 1. The standard InChI is InChI=1S/C15H21NO4/c17-8-9-20-14-4-6-16(7-5-14)11-12-2-1-3-13(10-12)15(18)19/h1-3,10,14,17H,4-9,11H2,(H,18,19). The average molecular weight is 279 g/mol. The van der Waals surface area contributed by atoms with Gasteiger partial charge in [-0.2, -0.15) is 0 Å². The highest BCUT2D eigenvalue weighted by atomic mass is 16.5. The maximum Gasteiger partial charge on any atom is 0.335 e. The summed E-state index contributed by atoms with van der Waals surface area (Å²) in [5.74, 6) is -0.886. The Balaban J connectivity index is 1.83. The third-order valence-corrected chi connectivity index (χ3v) is 3.56. The zero-order valence-corrected chi connectivity index (χ0v) is 11.5. The van der Waals surface area contributed by atoms with Crippen LogP contribution in [0.25, 0.3) is 0 Å². The Morgan fingerprint density at radius 2 is 2.10 bits per heavy atom. The number of nitrogens with zero attached hydrogens (tertiary/aromatic N) is 1. The van der Waals surface area contributed by atoms with Gasteiger partial charge < -0.3 is 14.9 Å². The summed E-state index contributed by atoms with van der Waals surface area (Å²) < 4.78 is 5.53. The SMILES string of the molecule is O=C(O)c1cccc(CN2CCC(OCCO)CC2)c1. The highest BCUT2D eigenvalue weighted by Crippen LogP contribution is 2.16. The zero-order chi connectivity index (χ0) is 14.4. The van der Waals surface area contributed by atoms with Gasteiger partial charge >= 0.3 is 5.97 Å². The van der Waals surface area contributed by atoms with Crippen molar-refractivity contribution in [2.75, 3.05) is 26.3 Å². The van der Waals surface area contributed by atoms with Gasteiger partial charge in [0.15, 0.2) is 0 Å². The van der Waals surface area contributed by atoms with E-state index in [0.717, 1.165) is 38.0 Å². The second-order valence-electron chi connectivity index (χ2n) is 5.08. The van der Waals surface area contributed by atoms with Gasteiger partial charge in [0.25, 0.3) is 0 Å². The summed E-state index contributed by atoms with van der Waals surface area (Å²) in [6.07, 6.45) is 2.15. The van der Waals surface area contributed by atoms with Crippen LogP contribution in [0.5, 0.6) is 0 Å². The number of hydrogen-bond donors (Lipinski definition) is 2. The normalized spacial score (nSPS) is 17.2. The molecule has 0 atom stereocenters. The number of piperidine rings is 1. The first-order chi connectivity index (χ1) is 9.69. The van der Waals surface area contributed by atoms with Gasteiger partial charge in [0.05, 0.1) is 24.9 Å². The van der Waals surface area contributed by atoms with Crippen LogP contribution in [0.1, 0.15) is 28.8 Å². The molecule has 20 heavy (non-hydrogen) atoms. The van der Waals surface area contributed by atoms with Crippen molar-refractivity contribution < 1.29 is 19.7 Å². The molecule has 2 rings (SSSR count). The molecule has 0 saturated carbocycles. The monoisotopic (exact) mass is 279 g/mol. The van der Waals surface area contributed by atoms with Crippen molar-refractivity contribution in [3.05, 3.63) is 35.4 Å². The van der Waals surface area contributed by atoms with Crippen LogP contribution in [0.4, 0.5) is 0 Å². The highest BCUT2D eigenvalue weighted by Gasteiger charge is 2.19. The lowest BCUT2D eigenvalue weighted by Gasteiger charge is -2.31. The van der Waals surface area contributed by atoms with Gasteiger partial charge in [-0.25, -0.2) is 4.79 Å². The van der Waals surface area contributed by atoms with E-state index in [4.69, 9.17) is 14.9 Å². The Morgan fingerprint density at radius 3 is 2.75 bits per heavy atom. The number of carbonyl (C=O) groups is 1. The number of aliphatic hydroxyl groups excluding tert-OH is 1. The van der Waals surface area contributed by atoms with Gasteiger partial charge in [0, 0.05) is 19.6 Å². The first-order valence-electron chi connectivity index (χ1n) is 6.96. The van der Waals surface area contributed by atoms with Crippen LogP contribution >= 0.6 is 0 Å². The van der Waals surface area contributed by atoms with E-state index in [9.17, 15) is 4.79 Å². The molecule has 5 nitrogen and oxygen atoms in total. The summed E-state index contributed by atoms with van der Waals surface area (Å²) >= 11 is 0. The lowest BCUT2D eigenvalue weighted by atomic mass is 10.1. The summed E-state index contributed by atoms with van der Waals surface area (Å²) in [6, 6.07) is 7.09. The first kappa shape index (κ1) is 15.0. The van der Waals surface area contributed by atoms with Crippen LogP contribution in [0.2, 0.25) is 0 Å². The smallest absolute Gasteiger partial charge is 0.335 e. The van der Waals surface area contributed by atoms with Crippen LogP contribution < -0.4 is 0 Å². The summed E-state index contributed by atoms with van der Waals surface area (Å²) in [7, 11) is 0. The van der Waals surface area contributed by atoms with Crippen LogP contribution in [-0.2, 0) is 11.3 Å². The van der Waals surface area contributed by atoms with Crippen LogP contribution in [0.3, 0.4) is 0 Å². The summed E-state index contributed by atoms with van der Waals surface area (Å²) in [5, 5.41) is 17.7. The molecule has 1 fully saturated rings. The van der Waals surface area contributed by atoms with E-state index in [0.29, 0.717) is 12.2 Å². The molecule has 1 aliphatic rings. The number of aromatic carboxylic acids is 1. The molecular formula is C15H21NO4. The van der Waals surface area contributed by atoms with Crippen molar-refractivity contribution in [2.45, 2.75) is 25.5 Å². The van der Waals surface area contributed by atoms with Crippen LogP contribution in [0.15, 0.2) is 24.3 Å². The number of carboxylic acid groups (broad SMARTS) is 1. The predicted molar refractivity (Wildman–Crippen MR) is 74.7 cm³/mol. The number of likely N-dealkylation sites (tertiary alicyclic amines) is 1. The molecule has 0 amide bonds. The Labute approximate surface area is 118 Å². The van der Waals surface area contributed by atoms with E-state index in [1.807, 2.05) is 6.07 Å². The fourth-order valence-electron chi connectivity index (χ4n) is 2.51. The van der Waals surface area contributed by atoms with Gasteiger partial charge in [-0.15, -0.1) is 0 Å². The second-order valence-corrected chi connectivity index (χ2v) is 5.08. The average Bonchev–Trinajstić information content (AvgIpc) is 2.47. The van der Waals surface area contributed by atoms with Crippen molar-refractivity contribution in [1.82, 2.24) is 4.90 Å². The van der Waals surface area contributed by atoms with E-state index in [-0.39, 0.29) is 12.7 Å². The summed E-state index contributed by atoms with van der Waals surface area (Å²) in [5.41, 5.74) is 1.36. The number of benzene rings is 1. The maximum absolute atomic E-state index is 10.9. The zero-order valence-electron chi connectivity index (χ0n) is 11.5. The quantitative estimate of drug-likeness (QED) is 0.823.